The second-order valence-corrected chi connectivity index (χ2v) is 9.94. The highest BCUT2D eigenvalue weighted by molar-refractivity contribution is 7.99. The van der Waals surface area contributed by atoms with E-state index in [4.69, 9.17) is 13.8 Å². The van der Waals surface area contributed by atoms with Crippen LogP contribution in [0.1, 0.15) is 0 Å². The van der Waals surface area contributed by atoms with E-state index in [2.05, 4.69) is 77.7 Å². The van der Waals surface area contributed by atoms with Crippen LogP contribution in [-0.4, -0.2) is 4.98 Å². The lowest BCUT2D eigenvalue weighted by atomic mass is 10.1. The number of anilines is 3. The van der Waals surface area contributed by atoms with Crippen molar-refractivity contribution in [1.29, 1.82) is 0 Å². The van der Waals surface area contributed by atoms with E-state index in [9.17, 15) is 0 Å². The molecule has 2 aromatic heterocycles. The van der Waals surface area contributed by atoms with Gasteiger partial charge in [-0.3, -0.25) is 0 Å². The maximum atomic E-state index is 6.29. The first kappa shape index (κ1) is 19.8. The van der Waals surface area contributed by atoms with E-state index < -0.39 is 0 Å². The molecule has 0 spiro atoms. The van der Waals surface area contributed by atoms with E-state index >= 15 is 0 Å². The molecule has 1 aliphatic rings. The number of rotatable bonds is 2. The Hall–Kier alpha value is -4.48. The number of furan rings is 1. The summed E-state index contributed by atoms with van der Waals surface area (Å²) in [5, 5.41) is 2.11. The molecule has 0 N–H and O–H groups in total. The summed E-state index contributed by atoms with van der Waals surface area (Å²) in [4.78, 5) is 9.61. The Labute approximate surface area is 210 Å². The molecule has 0 fully saturated rings. The zero-order valence-electron chi connectivity index (χ0n) is 19.0. The highest BCUT2D eigenvalue weighted by Crippen LogP contribution is 2.51. The predicted octanol–water partition coefficient (Wildman–Crippen LogP) is 9.33. The molecule has 1 aliphatic heterocycles. The molecule has 7 aromatic rings. The summed E-state index contributed by atoms with van der Waals surface area (Å²) >= 11 is 1.81. The van der Waals surface area contributed by atoms with Crippen molar-refractivity contribution in [3.8, 4) is 11.5 Å². The molecule has 170 valence electrons. The fourth-order valence-corrected chi connectivity index (χ4v) is 6.09. The van der Waals surface area contributed by atoms with Crippen LogP contribution in [0.25, 0.3) is 44.5 Å². The minimum Gasteiger partial charge on any atom is -0.456 e. The molecule has 8 rings (SSSR count). The summed E-state index contributed by atoms with van der Waals surface area (Å²) in [5.74, 6) is 0.594. The van der Waals surface area contributed by atoms with Crippen LogP contribution < -0.4 is 4.90 Å². The SMILES string of the molecule is c1cc(-c2nc3cc4oc5ccccc5c4cc3o2)cc(N2c3ccccc3Sc3ccccc32)c1. The maximum Gasteiger partial charge on any atom is 0.227 e. The summed E-state index contributed by atoms with van der Waals surface area (Å²) in [5.41, 5.74) is 7.55. The number of oxazole rings is 1. The molecule has 0 radical (unpaired) electrons. The van der Waals surface area contributed by atoms with Crippen molar-refractivity contribution in [3.05, 3.63) is 109 Å². The lowest BCUT2D eigenvalue weighted by Gasteiger charge is -2.32. The van der Waals surface area contributed by atoms with Crippen LogP contribution in [0.5, 0.6) is 0 Å². The Morgan fingerprint density at radius 1 is 0.583 bits per heavy atom. The fraction of sp³-hybridized carbons (Fsp3) is 0. The largest absolute Gasteiger partial charge is 0.456 e. The van der Waals surface area contributed by atoms with Crippen LogP contribution >= 0.6 is 11.8 Å². The van der Waals surface area contributed by atoms with E-state index in [1.165, 1.54) is 21.2 Å². The van der Waals surface area contributed by atoms with Crippen LogP contribution in [0.2, 0.25) is 0 Å². The highest BCUT2D eigenvalue weighted by Gasteiger charge is 2.24. The van der Waals surface area contributed by atoms with Gasteiger partial charge in [0.2, 0.25) is 5.89 Å². The average molecular weight is 483 g/mol. The predicted molar refractivity (Wildman–Crippen MR) is 146 cm³/mol. The molecule has 0 atom stereocenters. The number of aromatic nitrogens is 1. The van der Waals surface area contributed by atoms with Crippen molar-refractivity contribution in [2.75, 3.05) is 4.90 Å². The Kier molecular flexibility index (Phi) is 4.13. The Morgan fingerprint density at radius 3 is 2.17 bits per heavy atom. The summed E-state index contributed by atoms with van der Waals surface area (Å²) in [6, 6.07) is 37.5. The Bertz CT molecular complexity index is 1910. The molecule has 5 aromatic carbocycles. The summed E-state index contributed by atoms with van der Waals surface area (Å²) in [7, 11) is 0. The molecule has 3 heterocycles. The van der Waals surface area contributed by atoms with Gasteiger partial charge in [-0.1, -0.05) is 60.3 Å². The monoisotopic (exact) mass is 482 g/mol. The summed E-state index contributed by atoms with van der Waals surface area (Å²) < 4.78 is 12.3. The molecule has 0 bridgehead atoms. The van der Waals surface area contributed by atoms with Crippen molar-refractivity contribution >= 4 is 61.9 Å². The van der Waals surface area contributed by atoms with Gasteiger partial charge in [0.15, 0.2) is 5.58 Å². The number of nitrogens with zero attached hydrogens (tertiary/aromatic N) is 2. The van der Waals surface area contributed by atoms with Gasteiger partial charge in [0.25, 0.3) is 0 Å². The third kappa shape index (κ3) is 2.93. The molecular weight excluding hydrogens is 464 g/mol. The van der Waals surface area contributed by atoms with Gasteiger partial charge in [0.1, 0.15) is 16.7 Å². The molecular formula is C31H18N2O2S. The zero-order chi connectivity index (χ0) is 23.6. The van der Waals surface area contributed by atoms with Crippen LogP contribution in [0.4, 0.5) is 17.1 Å². The van der Waals surface area contributed by atoms with Crippen LogP contribution in [-0.2, 0) is 0 Å². The van der Waals surface area contributed by atoms with E-state index in [1.807, 2.05) is 36.4 Å². The Balaban J connectivity index is 1.27. The first-order valence-corrected chi connectivity index (χ1v) is 12.6. The van der Waals surface area contributed by atoms with Crippen LogP contribution in [0.15, 0.2) is 128 Å². The number of benzene rings is 5. The van der Waals surface area contributed by atoms with E-state index in [0.29, 0.717) is 5.89 Å². The second-order valence-electron chi connectivity index (χ2n) is 8.86. The van der Waals surface area contributed by atoms with Crippen LogP contribution in [0, 0.1) is 0 Å². The standard InChI is InChI=1S/C31H18N2O2S/c1-4-13-26-21(10-1)22-17-28-23(18-27(22)34-26)32-31(35-28)19-8-7-9-20(16-19)33-24-11-2-5-14-29(24)36-30-15-6-3-12-25(30)33/h1-18H. The van der Waals surface area contributed by atoms with Gasteiger partial charge in [0.05, 0.1) is 11.4 Å². The number of fused-ring (bicyclic) bond motifs is 6. The number of hydrogen-bond acceptors (Lipinski definition) is 5. The van der Waals surface area contributed by atoms with Crippen molar-refractivity contribution in [3.63, 3.8) is 0 Å². The summed E-state index contributed by atoms with van der Waals surface area (Å²) in [6.07, 6.45) is 0. The lowest BCUT2D eigenvalue weighted by Crippen LogP contribution is -2.14. The minimum atomic E-state index is 0.594. The highest BCUT2D eigenvalue weighted by atomic mass is 32.2. The zero-order valence-corrected chi connectivity index (χ0v) is 19.8. The smallest absolute Gasteiger partial charge is 0.227 e. The topological polar surface area (TPSA) is 42.4 Å². The maximum absolute atomic E-state index is 6.29. The molecule has 5 heteroatoms. The van der Waals surface area contributed by atoms with Gasteiger partial charge in [-0.25, -0.2) is 4.98 Å². The third-order valence-corrected chi connectivity index (χ3v) is 7.80. The minimum absolute atomic E-state index is 0.594. The molecule has 0 unspecified atom stereocenters. The first-order chi connectivity index (χ1) is 17.8. The van der Waals surface area contributed by atoms with Gasteiger partial charge in [-0.2, -0.15) is 0 Å². The van der Waals surface area contributed by atoms with Crippen molar-refractivity contribution < 1.29 is 8.83 Å². The quantitative estimate of drug-likeness (QED) is 0.245. The van der Waals surface area contributed by atoms with Crippen molar-refractivity contribution in [1.82, 2.24) is 4.98 Å². The third-order valence-electron chi connectivity index (χ3n) is 6.67. The summed E-state index contributed by atoms with van der Waals surface area (Å²) in [6.45, 7) is 0. The molecule has 36 heavy (non-hydrogen) atoms. The molecule has 0 amide bonds. The number of hydrogen-bond donors (Lipinski definition) is 0. The van der Waals surface area contributed by atoms with Crippen molar-refractivity contribution in [2.24, 2.45) is 0 Å². The van der Waals surface area contributed by atoms with Gasteiger partial charge >= 0.3 is 0 Å². The Morgan fingerprint density at radius 2 is 1.33 bits per heavy atom. The van der Waals surface area contributed by atoms with E-state index in [1.54, 1.807) is 11.8 Å². The second kappa shape index (κ2) is 7.51. The van der Waals surface area contributed by atoms with Gasteiger partial charge in [-0.15, -0.1) is 0 Å². The molecule has 0 saturated carbocycles. The van der Waals surface area contributed by atoms with Crippen molar-refractivity contribution in [2.45, 2.75) is 9.79 Å². The fourth-order valence-electron chi connectivity index (χ4n) is 5.03. The van der Waals surface area contributed by atoms with E-state index in [-0.39, 0.29) is 0 Å². The van der Waals surface area contributed by atoms with Gasteiger partial charge in [0, 0.05) is 37.9 Å². The van der Waals surface area contributed by atoms with Gasteiger partial charge < -0.3 is 13.7 Å². The normalized spacial score (nSPS) is 12.8. The first-order valence-electron chi connectivity index (χ1n) is 11.8. The van der Waals surface area contributed by atoms with Gasteiger partial charge in [-0.05, 0) is 54.6 Å². The van der Waals surface area contributed by atoms with E-state index in [0.717, 1.165) is 44.3 Å². The average Bonchev–Trinajstić information content (AvgIpc) is 3.51. The molecule has 4 nitrogen and oxygen atoms in total. The lowest BCUT2D eigenvalue weighted by molar-refractivity contribution is 0.620. The molecule has 0 aliphatic carbocycles. The number of para-hydroxylation sites is 3. The van der Waals surface area contributed by atoms with Crippen LogP contribution in [0.3, 0.4) is 0 Å². The molecule has 0 saturated heterocycles.